The fraction of sp³-hybridized carbons (Fsp3) is 0. The Morgan fingerprint density at radius 3 is 2.14 bits per heavy atom. The Balaban J connectivity index is 2.60. The maximum absolute atomic E-state index is 6.02. The highest BCUT2D eigenvalue weighted by atomic mass is 35.5. The Hall–Kier alpha value is -0.630. The summed E-state index contributed by atoms with van der Waals surface area (Å²) in [6, 6.07) is 9.18. The van der Waals surface area contributed by atoms with Crippen LogP contribution in [0.3, 0.4) is 0 Å². The van der Waals surface area contributed by atoms with Gasteiger partial charge in [0.15, 0.2) is 0 Å². The Bertz CT molecular complexity index is 462. The van der Waals surface area contributed by atoms with Gasteiger partial charge in [-0.1, -0.05) is 46.9 Å². The molecule has 0 aliphatic carbocycles. The molecule has 4 heteroatoms. The molecule has 0 saturated heterocycles. The van der Waals surface area contributed by atoms with Crippen molar-refractivity contribution < 1.29 is 0 Å². The molecular formula is C10H6Cl3N. The zero-order valence-corrected chi connectivity index (χ0v) is 9.31. The lowest BCUT2D eigenvalue weighted by molar-refractivity contribution is 1.08. The second-order valence-corrected chi connectivity index (χ2v) is 3.95. The summed E-state index contributed by atoms with van der Waals surface area (Å²) >= 11 is 17.8. The van der Waals surface area contributed by atoms with E-state index in [1.165, 1.54) is 0 Å². The predicted octanol–water partition coefficient (Wildman–Crippen LogP) is 4.44. The largest absolute Gasteiger partial charge is 0.305 e. The van der Waals surface area contributed by atoms with Gasteiger partial charge in [-0.25, -0.2) is 0 Å². The van der Waals surface area contributed by atoms with Crippen LogP contribution in [0.5, 0.6) is 0 Å². The molecule has 0 unspecified atom stereocenters. The van der Waals surface area contributed by atoms with Gasteiger partial charge in [-0.2, -0.15) is 0 Å². The van der Waals surface area contributed by atoms with E-state index in [9.17, 15) is 0 Å². The first-order valence-corrected chi connectivity index (χ1v) is 5.11. The van der Waals surface area contributed by atoms with Crippen LogP contribution in [0.2, 0.25) is 15.2 Å². The highest BCUT2D eigenvalue weighted by Crippen LogP contribution is 2.29. The number of nitrogens with zero attached hydrogens (tertiary/aromatic N) is 1. The number of para-hydroxylation sites is 1. The molecular weight excluding hydrogens is 240 g/mol. The van der Waals surface area contributed by atoms with E-state index in [0.717, 1.165) is 5.69 Å². The third-order valence-corrected chi connectivity index (χ3v) is 3.00. The third kappa shape index (κ3) is 1.63. The summed E-state index contributed by atoms with van der Waals surface area (Å²) in [5.74, 6) is 0. The minimum absolute atomic E-state index is 0.472. The number of aromatic nitrogens is 1. The Labute approximate surface area is 96.8 Å². The molecule has 0 amide bonds. The van der Waals surface area contributed by atoms with Crippen LogP contribution in [-0.4, -0.2) is 4.57 Å². The molecule has 0 spiro atoms. The Kier molecular flexibility index (Phi) is 2.73. The first-order valence-electron chi connectivity index (χ1n) is 3.97. The summed E-state index contributed by atoms with van der Waals surface area (Å²) in [6.07, 6.45) is 1.78. The van der Waals surface area contributed by atoms with Gasteiger partial charge in [0.05, 0.1) is 15.7 Å². The van der Waals surface area contributed by atoms with Gasteiger partial charge >= 0.3 is 0 Å². The standard InChI is InChI=1S/C10H6Cl3N/c11-7-3-1-2-4-9(7)14-6-5-8(12)10(14)13/h1-6H. The maximum Gasteiger partial charge on any atom is 0.132 e. The Morgan fingerprint density at radius 1 is 0.857 bits per heavy atom. The monoisotopic (exact) mass is 245 g/mol. The fourth-order valence-electron chi connectivity index (χ4n) is 1.22. The first-order chi connectivity index (χ1) is 6.70. The summed E-state index contributed by atoms with van der Waals surface area (Å²) < 4.78 is 1.74. The normalized spacial score (nSPS) is 10.5. The molecule has 0 aliphatic heterocycles. The van der Waals surface area contributed by atoms with Gasteiger partial charge in [0.25, 0.3) is 0 Å². The molecule has 1 heterocycles. The van der Waals surface area contributed by atoms with Gasteiger partial charge in [0.2, 0.25) is 0 Å². The van der Waals surface area contributed by atoms with Gasteiger partial charge in [-0.15, -0.1) is 0 Å². The molecule has 72 valence electrons. The van der Waals surface area contributed by atoms with Gasteiger partial charge in [0.1, 0.15) is 5.15 Å². The molecule has 0 aliphatic rings. The third-order valence-electron chi connectivity index (χ3n) is 1.89. The number of rotatable bonds is 1. The molecule has 2 aromatic rings. The average molecular weight is 247 g/mol. The second-order valence-electron chi connectivity index (χ2n) is 2.78. The van der Waals surface area contributed by atoms with E-state index in [1.807, 2.05) is 18.2 Å². The lowest BCUT2D eigenvalue weighted by Crippen LogP contribution is -1.92. The molecule has 1 aromatic heterocycles. The van der Waals surface area contributed by atoms with Crippen molar-refractivity contribution in [3.8, 4) is 5.69 Å². The molecule has 1 aromatic carbocycles. The minimum atomic E-state index is 0.472. The van der Waals surface area contributed by atoms with Gasteiger partial charge in [-0.3, -0.25) is 0 Å². The molecule has 0 fully saturated rings. The van der Waals surface area contributed by atoms with E-state index in [0.29, 0.717) is 15.2 Å². The van der Waals surface area contributed by atoms with Crippen molar-refractivity contribution in [1.29, 1.82) is 0 Å². The predicted molar refractivity (Wildman–Crippen MR) is 60.8 cm³/mol. The summed E-state index contributed by atoms with van der Waals surface area (Å²) in [5, 5.41) is 1.63. The first kappa shape index (κ1) is 9.91. The molecule has 0 N–H and O–H groups in total. The second kappa shape index (κ2) is 3.85. The quantitative estimate of drug-likeness (QED) is 0.701. The van der Waals surface area contributed by atoms with Crippen molar-refractivity contribution in [2.75, 3.05) is 0 Å². The number of halogens is 3. The summed E-state index contributed by atoms with van der Waals surface area (Å²) in [4.78, 5) is 0. The highest BCUT2D eigenvalue weighted by Gasteiger charge is 2.08. The van der Waals surface area contributed by atoms with Crippen LogP contribution >= 0.6 is 34.8 Å². The van der Waals surface area contributed by atoms with E-state index < -0.39 is 0 Å². The van der Waals surface area contributed by atoms with Crippen molar-refractivity contribution in [1.82, 2.24) is 4.57 Å². The van der Waals surface area contributed by atoms with E-state index >= 15 is 0 Å². The summed E-state index contributed by atoms with van der Waals surface area (Å²) in [6.45, 7) is 0. The molecule has 1 nitrogen and oxygen atoms in total. The van der Waals surface area contributed by atoms with Gasteiger partial charge < -0.3 is 4.57 Å². The Morgan fingerprint density at radius 2 is 1.57 bits per heavy atom. The van der Waals surface area contributed by atoms with E-state index in [2.05, 4.69) is 0 Å². The van der Waals surface area contributed by atoms with Crippen LogP contribution in [0, 0.1) is 0 Å². The SMILES string of the molecule is Clc1ccccc1-n1ccc(Cl)c1Cl. The number of benzene rings is 1. The minimum Gasteiger partial charge on any atom is -0.305 e. The van der Waals surface area contributed by atoms with Crippen LogP contribution < -0.4 is 0 Å². The van der Waals surface area contributed by atoms with E-state index in [4.69, 9.17) is 34.8 Å². The van der Waals surface area contributed by atoms with Crippen molar-refractivity contribution in [2.45, 2.75) is 0 Å². The van der Waals surface area contributed by atoms with Crippen molar-refractivity contribution in [3.63, 3.8) is 0 Å². The van der Waals surface area contributed by atoms with Crippen molar-refractivity contribution in [3.05, 3.63) is 51.7 Å². The van der Waals surface area contributed by atoms with Crippen LogP contribution in [0.15, 0.2) is 36.5 Å². The maximum atomic E-state index is 6.02. The number of hydrogen-bond donors (Lipinski definition) is 0. The molecule has 2 rings (SSSR count). The lowest BCUT2D eigenvalue weighted by Gasteiger charge is -2.06. The van der Waals surface area contributed by atoms with E-state index in [-0.39, 0.29) is 0 Å². The molecule has 0 bridgehead atoms. The van der Waals surface area contributed by atoms with Gasteiger partial charge in [0, 0.05) is 6.20 Å². The average Bonchev–Trinajstić information content (AvgIpc) is 2.49. The van der Waals surface area contributed by atoms with E-state index in [1.54, 1.807) is 22.9 Å². The summed E-state index contributed by atoms with van der Waals surface area (Å²) in [5.41, 5.74) is 0.825. The lowest BCUT2D eigenvalue weighted by atomic mass is 10.3. The number of hydrogen-bond acceptors (Lipinski definition) is 0. The van der Waals surface area contributed by atoms with Crippen LogP contribution in [0.25, 0.3) is 5.69 Å². The molecule has 0 saturated carbocycles. The topological polar surface area (TPSA) is 4.93 Å². The van der Waals surface area contributed by atoms with Crippen molar-refractivity contribution >= 4 is 34.8 Å². The van der Waals surface area contributed by atoms with Crippen LogP contribution in [-0.2, 0) is 0 Å². The molecule has 14 heavy (non-hydrogen) atoms. The van der Waals surface area contributed by atoms with Crippen molar-refractivity contribution in [2.24, 2.45) is 0 Å². The zero-order chi connectivity index (χ0) is 10.1. The van der Waals surface area contributed by atoms with Gasteiger partial charge in [-0.05, 0) is 18.2 Å². The zero-order valence-electron chi connectivity index (χ0n) is 7.05. The fourth-order valence-corrected chi connectivity index (χ4v) is 1.81. The van der Waals surface area contributed by atoms with Crippen LogP contribution in [0.4, 0.5) is 0 Å². The smallest absolute Gasteiger partial charge is 0.132 e. The summed E-state index contributed by atoms with van der Waals surface area (Å²) in [7, 11) is 0. The molecule has 0 atom stereocenters. The molecule has 0 radical (unpaired) electrons. The van der Waals surface area contributed by atoms with Crippen LogP contribution in [0.1, 0.15) is 0 Å². The highest BCUT2D eigenvalue weighted by molar-refractivity contribution is 6.41.